The highest BCUT2D eigenvalue weighted by molar-refractivity contribution is 6.66. The predicted molar refractivity (Wildman–Crippen MR) is 53.9 cm³/mol. The third-order valence-electron chi connectivity index (χ3n) is 1.62. The average molecular weight is 208 g/mol. The van der Waals surface area contributed by atoms with Crippen molar-refractivity contribution in [2.45, 2.75) is 12.7 Å². The second kappa shape index (κ2) is 6.77. The molecule has 6 nitrogen and oxygen atoms in total. The maximum absolute atomic E-state index is 11.2. The number of carbonyl (C=O) groups excluding carboxylic acids is 2. The van der Waals surface area contributed by atoms with Crippen molar-refractivity contribution >= 4 is 19.4 Å². The smallest absolute Gasteiger partial charge is 0.292 e. The Morgan fingerprint density at radius 1 is 1.73 bits per heavy atom. The lowest BCUT2D eigenvalue weighted by molar-refractivity contribution is 0.0311. The van der Waals surface area contributed by atoms with E-state index < -0.39 is 0 Å². The molecule has 0 unspecified atom stereocenters. The van der Waals surface area contributed by atoms with Crippen molar-refractivity contribution in [1.82, 2.24) is 15.7 Å². The molecule has 1 rings (SSSR count). The molecule has 79 valence electrons. The van der Waals surface area contributed by atoms with Crippen molar-refractivity contribution in [3.8, 4) is 0 Å². The molecule has 0 fully saturated rings. The van der Waals surface area contributed by atoms with Crippen LogP contribution in [0.2, 0.25) is 6.32 Å². The van der Waals surface area contributed by atoms with E-state index in [0.29, 0.717) is 25.0 Å². The van der Waals surface area contributed by atoms with Crippen LogP contribution in [0.4, 0.5) is 0 Å². The quantitative estimate of drug-likeness (QED) is 0.280. The van der Waals surface area contributed by atoms with Crippen molar-refractivity contribution in [2.24, 2.45) is 0 Å². The fourth-order valence-corrected chi connectivity index (χ4v) is 0.895. The van der Waals surface area contributed by atoms with E-state index in [2.05, 4.69) is 15.7 Å². The van der Waals surface area contributed by atoms with Gasteiger partial charge in [-0.3, -0.25) is 14.7 Å². The van der Waals surface area contributed by atoms with E-state index in [9.17, 15) is 9.59 Å². The SMILES string of the molecule is O=C[B]CCCONC(=O)c1ccn[nH]1. The molecule has 2 N–H and O–H groups in total. The van der Waals surface area contributed by atoms with Crippen molar-refractivity contribution in [3.63, 3.8) is 0 Å². The van der Waals surface area contributed by atoms with Crippen LogP contribution < -0.4 is 5.48 Å². The lowest BCUT2D eigenvalue weighted by Crippen LogP contribution is -2.24. The Bertz CT molecular complexity index is 302. The van der Waals surface area contributed by atoms with Gasteiger partial charge in [0.25, 0.3) is 5.91 Å². The number of H-pyrrole nitrogens is 1. The predicted octanol–water partition coefficient (Wildman–Crippen LogP) is -0.226. The fourth-order valence-electron chi connectivity index (χ4n) is 0.895. The molecule has 0 atom stereocenters. The summed E-state index contributed by atoms with van der Waals surface area (Å²) in [5.41, 5.74) is 2.59. The second-order valence-corrected chi connectivity index (χ2v) is 2.76. The molecule has 0 spiro atoms. The highest BCUT2D eigenvalue weighted by Gasteiger charge is 2.05. The van der Waals surface area contributed by atoms with Crippen molar-refractivity contribution < 1.29 is 14.4 Å². The number of amides is 1. The molecule has 1 amide bonds. The zero-order valence-corrected chi connectivity index (χ0v) is 8.10. The summed E-state index contributed by atoms with van der Waals surface area (Å²) in [5.74, 6) is -0.369. The van der Waals surface area contributed by atoms with Gasteiger partial charge in [0, 0.05) is 6.20 Å². The van der Waals surface area contributed by atoms with Crippen molar-refractivity contribution in [3.05, 3.63) is 18.0 Å². The number of hydrogen-bond acceptors (Lipinski definition) is 4. The van der Waals surface area contributed by atoms with Crippen LogP contribution in [0.5, 0.6) is 0 Å². The number of hydroxylamine groups is 1. The van der Waals surface area contributed by atoms with E-state index in [1.54, 1.807) is 6.07 Å². The number of nitrogens with one attached hydrogen (secondary N) is 2. The van der Waals surface area contributed by atoms with E-state index in [-0.39, 0.29) is 5.91 Å². The molecule has 1 aromatic heterocycles. The van der Waals surface area contributed by atoms with Gasteiger partial charge in [0.05, 0.1) is 12.8 Å². The Kier molecular flexibility index (Phi) is 5.17. The zero-order chi connectivity index (χ0) is 10.9. The molecule has 0 saturated heterocycles. The number of nitrogens with zero attached hydrogens (tertiary/aromatic N) is 1. The van der Waals surface area contributed by atoms with Crippen LogP contribution in [0.1, 0.15) is 16.9 Å². The van der Waals surface area contributed by atoms with Crippen LogP contribution in [0.15, 0.2) is 12.3 Å². The molecule has 0 aliphatic carbocycles. The van der Waals surface area contributed by atoms with Gasteiger partial charge in [0.1, 0.15) is 5.69 Å². The number of aromatic amines is 1. The fraction of sp³-hybridized carbons (Fsp3) is 0.375. The summed E-state index contributed by atoms with van der Waals surface area (Å²) in [6, 6.07) is 1.54. The molecule has 0 aromatic carbocycles. The summed E-state index contributed by atoms with van der Waals surface area (Å²) < 4.78 is 0. The average Bonchev–Trinajstić information content (AvgIpc) is 2.76. The summed E-state index contributed by atoms with van der Waals surface area (Å²) >= 11 is 0. The van der Waals surface area contributed by atoms with Crippen molar-refractivity contribution in [1.29, 1.82) is 0 Å². The maximum atomic E-state index is 11.2. The summed E-state index contributed by atoms with van der Waals surface area (Å²) in [6.07, 6.45) is 3.54. The molecule has 15 heavy (non-hydrogen) atoms. The first-order chi connectivity index (χ1) is 7.34. The van der Waals surface area contributed by atoms with Gasteiger partial charge in [-0.25, -0.2) is 5.48 Å². The summed E-state index contributed by atoms with van der Waals surface area (Å²) in [5, 5.41) is 6.13. The standard InChI is InChI=1S/C8H11BN3O3/c13-6-9-3-1-5-15-12-8(14)7-2-4-10-11-7/h2,4,6H,1,3,5H2,(H,10,11)(H,12,14). The minimum absolute atomic E-state index is 0.342. The molecule has 7 heteroatoms. The summed E-state index contributed by atoms with van der Waals surface area (Å²) in [7, 11) is 1.50. The Morgan fingerprint density at radius 3 is 3.27 bits per heavy atom. The van der Waals surface area contributed by atoms with E-state index in [0.717, 1.165) is 6.19 Å². The Hall–Kier alpha value is -1.63. The molecule has 0 aliphatic rings. The number of carbonyl (C=O) groups is 2. The highest BCUT2D eigenvalue weighted by Crippen LogP contribution is 1.92. The van der Waals surface area contributed by atoms with Crippen LogP contribution in [-0.2, 0) is 9.63 Å². The highest BCUT2D eigenvalue weighted by atomic mass is 16.6. The molecule has 0 saturated carbocycles. The van der Waals surface area contributed by atoms with Crippen LogP contribution in [0.25, 0.3) is 0 Å². The van der Waals surface area contributed by atoms with Crippen LogP contribution >= 0.6 is 0 Å². The van der Waals surface area contributed by atoms with E-state index >= 15 is 0 Å². The maximum Gasteiger partial charge on any atom is 0.292 e. The van der Waals surface area contributed by atoms with Crippen LogP contribution in [-0.4, -0.2) is 36.2 Å². The Morgan fingerprint density at radius 2 is 2.60 bits per heavy atom. The first-order valence-electron chi connectivity index (χ1n) is 4.53. The van der Waals surface area contributed by atoms with E-state index in [1.165, 1.54) is 13.5 Å². The Balaban J connectivity index is 2.05. The minimum atomic E-state index is -0.369. The van der Waals surface area contributed by atoms with Gasteiger partial charge in [-0.15, -0.1) is 0 Å². The van der Waals surface area contributed by atoms with Gasteiger partial charge >= 0.3 is 0 Å². The first-order valence-corrected chi connectivity index (χ1v) is 4.53. The first kappa shape index (κ1) is 11.4. The normalized spacial score (nSPS) is 9.60. The van der Waals surface area contributed by atoms with Gasteiger partial charge in [-0.1, -0.05) is 6.32 Å². The zero-order valence-electron chi connectivity index (χ0n) is 8.10. The summed E-state index contributed by atoms with van der Waals surface area (Å²) in [6.45, 7) is 0.365. The molecular weight excluding hydrogens is 197 g/mol. The van der Waals surface area contributed by atoms with Gasteiger partial charge in [0.15, 0.2) is 7.28 Å². The van der Waals surface area contributed by atoms with Crippen LogP contribution in [0.3, 0.4) is 0 Å². The molecular formula is C8H11BN3O3. The summed E-state index contributed by atoms with van der Waals surface area (Å²) in [4.78, 5) is 26.0. The topological polar surface area (TPSA) is 84.1 Å². The lowest BCUT2D eigenvalue weighted by atomic mass is 9.76. The largest absolute Gasteiger partial charge is 0.316 e. The van der Waals surface area contributed by atoms with Gasteiger partial charge in [-0.2, -0.15) is 5.10 Å². The number of hydrogen-bond donors (Lipinski definition) is 2. The third-order valence-corrected chi connectivity index (χ3v) is 1.62. The second-order valence-electron chi connectivity index (χ2n) is 2.76. The molecule has 1 aromatic rings. The number of rotatable bonds is 7. The molecule has 0 aliphatic heterocycles. The monoisotopic (exact) mass is 208 g/mol. The molecule has 1 heterocycles. The third kappa shape index (κ3) is 4.41. The number of aromatic nitrogens is 2. The minimum Gasteiger partial charge on any atom is -0.316 e. The molecule has 1 radical (unpaired) electrons. The molecule has 0 bridgehead atoms. The van der Waals surface area contributed by atoms with Crippen LogP contribution in [0, 0.1) is 0 Å². The van der Waals surface area contributed by atoms with E-state index in [4.69, 9.17) is 4.84 Å². The van der Waals surface area contributed by atoms with Gasteiger partial charge < -0.3 is 4.79 Å². The van der Waals surface area contributed by atoms with Crippen molar-refractivity contribution in [2.75, 3.05) is 6.61 Å². The van der Waals surface area contributed by atoms with E-state index in [1.807, 2.05) is 0 Å². The lowest BCUT2D eigenvalue weighted by Gasteiger charge is -2.02. The van der Waals surface area contributed by atoms with Gasteiger partial charge in [-0.05, 0) is 12.5 Å². The van der Waals surface area contributed by atoms with Gasteiger partial charge in [0.2, 0.25) is 0 Å². The Labute approximate surface area is 87.6 Å².